The van der Waals surface area contributed by atoms with Crippen LogP contribution >= 0.6 is 0 Å². The lowest BCUT2D eigenvalue weighted by Crippen LogP contribution is -2.41. The Morgan fingerprint density at radius 2 is 2.00 bits per heavy atom. The zero-order valence-electron chi connectivity index (χ0n) is 23.3. The number of hydrogen-bond donors (Lipinski definition) is 3. The Morgan fingerprint density at radius 1 is 1.24 bits per heavy atom. The Bertz CT molecular complexity index is 1480. The number of nitrogens with zero attached hydrogens (tertiary/aromatic N) is 3. The summed E-state index contributed by atoms with van der Waals surface area (Å²) in [6, 6.07) is 9.81. The number of rotatable bonds is 10. The molecule has 218 valence electrons. The Kier molecular flexibility index (Phi) is 9.43. The third-order valence-corrected chi connectivity index (χ3v) is 8.19. The van der Waals surface area contributed by atoms with Crippen molar-refractivity contribution < 1.29 is 22.7 Å². The van der Waals surface area contributed by atoms with Crippen LogP contribution < -0.4 is 20.1 Å². The predicted molar refractivity (Wildman–Crippen MR) is 162 cm³/mol. The van der Waals surface area contributed by atoms with E-state index in [1.165, 1.54) is 13.0 Å². The highest BCUT2D eigenvalue weighted by Crippen LogP contribution is 2.29. The largest absolute Gasteiger partial charge is 0.489 e. The van der Waals surface area contributed by atoms with Crippen molar-refractivity contribution in [3.05, 3.63) is 59.2 Å². The highest BCUT2D eigenvalue weighted by atomic mass is 32.2. The van der Waals surface area contributed by atoms with Crippen LogP contribution in [0.25, 0.3) is 6.08 Å². The molecule has 1 saturated heterocycles. The lowest BCUT2D eigenvalue weighted by Gasteiger charge is -2.34. The number of carbonyl (C=O) groups is 2. The molecule has 2 aliphatic rings. The Labute approximate surface area is 240 Å². The molecule has 0 aromatic heterocycles. The maximum Gasteiger partial charge on any atom is 0.252 e. The zero-order valence-corrected chi connectivity index (χ0v) is 24.1. The summed E-state index contributed by atoms with van der Waals surface area (Å²) in [4.78, 5) is 30.8. The average molecular weight is 581 g/mol. The van der Waals surface area contributed by atoms with E-state index in [1.54, 1.807) is 42.5 Å². The van der Waals surface area contributed by atoms with E-state index in [2.05, 4.69) is 15.2 Å². The predicted octanol–water partition coefficient (Wildman–Crippen LogP) is 3.26. The zero-order chi connectivity index (χ0) is 29.6. The second-order valence-corrected chi connectivity index (χ2v) is 12.0. The van der Waals surface area contributed by atoms with Gasteiger partial charge in [-0.05, 0) is 36.2 Å². The van der Waals surface area contributed by atoms with Gasteiger partial charge in [0.05, 0.1) is 35.6 Å². The third-order valence-electron chi connectivity index (χ3n) is 7.03. The van der Waals surface area contributed by atoms with Crippen molar-refractivity contribution in [1.82, 2.24) is 4.90 Å². The highest BCUT2D eigenvalue weighted by Gasteiger charge is 2.26. The minimum atomic E-state index is -3.74. The molecule has 0 atom stereocenters. The number of likely N-dealkylation sites (tertiary alicyclic amines) is 1. The summed E-state index contributed by atoms with van der Waals surface area (Å²) in [5.41, 5.74) is 7.66. The minimum absolute atomic E-state index is 0.0403. The standard InChI is InChI=1S/C29H36N6O5S/c1-20(36)33-26-8-3-6-21(25(26)19-30)7-5-15-35(41(2,38)39)22-10-11-27(24(18-22)29(31)37)40-23-12-16-34(17-13-23)28-9-4-14-32-28/h3,5-8,10-11,18-19,23,30H,4,9,12-17H2,1-2H3,(H2,31,37)(H,33,36)/b7-5+,30-19?. The molecule has 2 amide bonds. The maximum absolute atomic E-state index is 12.7. The summed E-state index contributed by atoms with van der Waals surface area (Å²) in [6.07, 6.45) is 9.09. The quantitative estimate of drug-likeness (QED) is 0.366. The molecular weight excluding hydrogens is 544 g/mol. The van der Waals surface area contributed by atoms with Crippen LogP contribution in [0, 0.1) is 5.41 Å². The number of nitrogens with two attached hydrogens (primary N) is 1. The molecule has 0 saturated carbocycles. The van der Waals surface area contributed by atoms with Crippen molar-refractivity contribution >= 4 is 51.3 Å². The van der Waals surface area contributed by atoms with E-state index in [0.717, 1.165) is 67.9 Å². The van der Waals surface area contributed by atoms with E-state index in [4.69, 9.17) is 15.9 Å². The number of primary amides is 1. The second kappa shape index (κ2) is 13.0. The lowest BCUT2D eigenvalue weighted by molar-refractivity contribution is -0.114. The van der Waals surface area contributed by atoms with Crippen molar-refractivity contribution in [2.24, 2.45) is 10.7 Å². The van der Waals surface area contributed by atoms with E-state index in [9.17, 15) is 18.0 Å². The van der Waals surface area contributed by atoms with Crippen molar-refractivity contribution in [3.8, 4) is 5.75 Å². The summed E-state index contributed by atoms with van der Waals surface area (Å²) in [6.45, 7) is 3.88. The number of anilines is 2. The summed E-state index contributed by atoms with van der Waals surface area (Å²) < 4.78 is 32.8. The number of benzene rings is 2. The van der Waals surface area contributed by atoms with Gasteiger partial charge in [0.15, 0.2) is 0 Å². The van der Waals surface area contributed by atoms with Gasteiger partial charge in [0.2, 0.25) is 15.9 Å². The number of carbonyl (C=O) groups excluding carboxylic acids is 2. The summed E-state index contributed by atoms with van der Waals surface area (Å²) in [5.74, 6) is 0.510. The van der Waals surface area contributed by atoms with Crippen LogP contribution in [0.3, 0.4) is 0 Å². The van der Waals surface area contributed by atoms with Crippen LogP contribution in [0.15, 0.2) is 47.5 Å². The normalized spacial score (nSPS) is 16.0. The fraction of sp³-hybridized carbons (Fsp3) is 0.379. The maximum atomic E-state index is 12.7. The molecule has 41 heavy (non-hydrogen) atoms. The first-order chi connectivity index (χ1) is 19.6. The summed E-state index contributed by atoms with van der Waals surface area (Å²) >= 11 is 0. The van der Waals surface area contributed by atoms with Crippen molar-refractivity contribution in [3.63, 3.8) is 0 Å². The van der Waals surface area contributed by atoms with Gasteiger partial charge in [0.25, 0.3) is 5.91 Å². The van der Waals surface area contributed by atoms with Crippen LogP contribution in [0.4, 0.5) is 11.4 Å². The number of nitrogens with one attached hydrogen (secondary N) is 2. The molecule has 11 nitrogen and oxygen atoms in total. The number of sulfonamides is 1. The van der Waals surface area contributed by atoms with E-state index in [-0.39, 0.29) is 29.8 Å². The molecule has 12 heteroatoms. The fourth-order valence-electron chi connectivity index (χ4n) is 5.06. The Morgan fingerprint density at radius 3 is 2.61 bits per heavy atom. The van der Waals surface area contributed by atoms with E-state index in [0.29, 0.717) is 22.6 Å². The molecular formula is C29H36N6O5S. The molecule has 2 aromatic rings. The Balaban J connectivity index is 1.51. The summed E-state index contributed by atoms with van der Waals surface area (Å²) in [7, 11) is -3.74. The lowest BCUT2D eigenvalue weighted by atomic mass is 10.1. The molecule has 2 aromatic carbocycles. The number of ether oxygens (including phenoxy) is 1. The molecule has 2 heterocycles. The van der Waals surface area contributed by atoms with Crippen LogP contribution in [0.5, 0.6) is 5.75 Å². The molecule has 2 aliphatic heterocycles. The van der Waals surface area contributed by atoms with Gasteiger partial charge < -0.3 is 26.1 Å². The topological polar surface area (TPSA) is 158 Å². The molecule has 0 bridgehead atoms. The summed E-state index contributed by atoms with van der Waals surface area (Å²) in [5, 5.41) is 10.5. The molecule has 0 unspecified atom stereocenters. The first-order valence-electron chi connectivity index (χ1n) is 13.5. The van der Waals surface area contributed by atoms with Gasteiger partial charge in [0.1, 0.15) is 11.9 Å². The van der Waals surface area contributed by atoms with Gasteiger partial charge in [-0.25, -0.2) is 8.42 Å². The van der Waals surface area contributed by atoms with E-state index < -0.39 is 15.9 Å². The molecule has 0 aliphatic carbocycles. The number of amides is 2. The SMILES string of the molecule is CC(=O)Nc1cccc(/C=C/CN(c2ccc(OC3CCN(C4=NCCC4)CC3)c(C(N)=O)c2)S(C)(=O)=O)c1C=N. The van der Waals surface area contributed by atoms with Crippen LogP contribution in [-0.4, -0.2) is 75.7 Å². The van der Waals surface area contributed by atoms with Gasteiger partial charge in [-0.1, -0.05) is 24.3 Å². The molecule has 4 N–H and O–H groups in total. The van der Waals surface area contributed by atoms with Crippen molar-refractivity contribution in [2.75, 3.05) is 42.1 Å². The smallest absolute Gasteiger partial charge is 0.252 e. The first-order valence-corrected chi connectivity index (χ1v) is 15.4. The van der Waals surface area contributed by atoms with E-state index in [1.807, 2.05) is 0 Å². The van der Waals surface area contributed by atoms with Gasteiger partial charge >= 0.3 is 0 Å². The number of piperidine rings is 1. The highest BCUT2D eigenvalue weighted by molar-refractivity contribution is 7.92. The first kappa shape index (κ1) is 29.8. The van der Waals surface area contributed by atoms with Crippen LogP contribution in [-0.2, 0) is 14.8 Å². The van der Waals surface area contributed by atoms with Gasteiger partial charge in [-0.15, -0.1) is 0 Å². The second-order valence-electron chi connectivity index (χ2n) is 10.1. The monoisotopic (exact) mass is 580 g/mol. The van der Waals surface area contributed by atoms with Crippen LogP contribution in [0.1, 0.15) is 54.1 Å². The number of amidine groups is 1. The molecule has 0 radical (unpaired) electrons. The van der Waals surface area contributed by atoms with Gasteiger partial charge in [-0.3, -0.25) is 18.9 Å². The van der Waals surface area contributed by atoms with E-state index >= 15 is 0 Å². The molecule has 4 rings (SSSR count). The number of aliphatic imine (C=N–C) groups is 1. The van der Waals surface area contributed by atoms with Crippen molar-refractivity contribution in [1.29, 1.82) is 5.41 Å². The number of hydrogen-bond acceptors (Lipinski definition) is 8. The molecule has 0 spiro atoms. The van der Waals surface area contributed by atoms with Crippen LogP contribution in [0.2, 0.25) is 0 Å². The van der Waals surface area contributed by atoms with Gasteiger partial charge in [-0.2, -0.15) is 0 Å². The van der Waals surface area contributed by atoms with Gasteiger partial charge in [0, 0.05) is 57.6 Å². The fourth-order valence-corrected chi connectivity index (χ4v) is 5.91. The van der Waals surface area contributed by atoms with Crippen molar-refractivity contribution in [2.45, 2.75) is 38.7 Å². The average Bonchev–Trinajstić information content (AvgIpc) is 3.46. The third kappa shape index (κ3) is 7.51. The Hall–Kier alpha value is -4.19. The minimum Gasteiger partial charge on any atom is -0.489 e. The molecule has 1 fully saturated rings.